The zero-order chi connectivity index (χ0) is 11.9. The highest BCUT2D eigenvalue weighted by molar-refractivity contribution is 5.31. The summed E-state index contributed by atoms with van der Waals surface area (Å²) >= 11 is 0. The van der Waals surface area contributed by atoms with Crippen LogP contribution in [0.5, 0.6) is 0 Å². The van der Waals surface area contributed by atoms with Crippen molar-refractivity contribution in [3.63, 3.8) is 0 Å². The molecule has 0 amide bonds. The van der Waals surface area contributed by atoms with Crippen molar-refractivity contribution in [2.75, 3.05) is 0 Å². The van der Waals surface area contributed by atoms with Crippen LogP contribution in [-0.2, 0) is 0 Å². The predicted octanol–water partition coefficient (Wildman–Crippen LogP) is 4.81. The fraction of sp³-hybridized carbons (Fsp3) is 0.556. The van der Waals surface area contributed by atoms with Gasteiger partial charge in [-0.3, -0.25) is 0 Å². The Labute approximate surface area is 110 Å². The molecule has 0 aromatic heterocycles. The minimum absolute atomic E-state index is 0.795. The third-order valence-corrected chi connectivity index (χ3v) is 5.22. The van der Waals surface area contributed by atoms with Crippen LogP contribution < -0.4 is 0 Å². The lowest BCUT2D eigenvalue weighted by atomic mass is 9.94. The van der Waals surface area contributed by atoms with Crippen LogP contribution in [0.1, 0.15) is 38.5 Å². The molecule has 0 fully saturated rings. The number of hydrogen-bond acceptors (Lipinski definition) is 0. The quantitative estimate of drug-likeness (QED) is 0.476. The third kappa shape index (κ3) is 1.83. The molecule has 94 valence electrons. The molecule has 4 unspecified atom stereocenters. The molecule has 18 heavy (non-hydrogen) atoms. The Kier molecular flexibility index (Phi) is 2.57. The van der Waals surface area contributed by atoms with E-state index in [-0.39, 0.29) is 0 Å². The average molecular weight is 238 g/mol. The van der Waals surface area contributed by atoms with Gasteiger partial charge in [0.25, 0.3) is 0 Å². The minimum Gasteiger partial charge on any atom is -0.0810 e. The summed E-state index contributed by atoms with van der Waals surface area (Å²) in [6.07, 6.45) is 23.0. The fourth-order valence-electron chi connectivity index (χ4n) is 4.24. The van der Waals surface area contributed by atoms with Crippen LogP contribution in [0, 0.1) is 23.7 Å². The third-order valence-electron chi connectivity index (χ3n) is 5.22. The molecule has 4 atom stereocenters. The van der Waals surface area contributed by atoms with Gasteiger partial charge in [-0.1, -0.05) is 47.6 Å². The first-order chi connectivity index (χ1) is 8.88. The summed E-state index contributed by atoms with van der Waals surface area (Å²) in [4.78, 5) is 0. The van der Waals surface area contributed by atoms with Gasteiger partial charge in [0, 0.05) is 0 Å². The van der Waals surface area contributed by atoms with E-state index in [4.69, 9.17) is 0 Å². The van der Waals surface area contributed by atoms with E-state index in [9.17, 15) is 0 Å². The second-order valence-electron chi connectivity index (χ2n) is 6.47. The summed E-state index contributed by atoms with van der Waals surface area (Å²) in [5.74, 6) is 3.23. The normalized spacial score (nSPS) is 38.7. The highest BCUT2D eigenvalue weighted by Gasteiger charge is 2.28. The second-order valence-corrected chi connectivity index (χ2v) is 6.47. The van der Waals surface area contributed by atoms with Crippen molar-refractivity contribution >= 4 is 0 Å². The highest BCUT2D eigenvalue weighted by atomic mass is 14.3. The zero-order valence-electron chi connectivity index (χ0n) is 11.0. The van der Waals surface area contributed by atoms with Gasteiger partial charge in [-0.25, -0.2) is 0 Å². The fourth-order valence-corrected chi connectivity index (χ4v) is 4.24. The maximum atomic E-state index is 2.53. The van der Waals surface area contributed by atoms with E-state index in [1.54, 1.807) is 11.1 Å². The summed E-state index contributed by atoms with van der Waals surface area (Å²) in [7, 11) is 0. The zero-order valence-corrected chi connectivity index (χ0v) is 11.0. The van der Waals surface area contributed by atoms with Crippen molar-refractivity contribution in [1.82, 2.24) is 0 Å². The van der Waals surface area contributed by atoms with E-state index in [2.05, 4.69) is 36.5 Å². The number of unbranched alkanes of at least 4 members (excludes halogenated alkanes) is 1. The lowest BCUT2D eigenvalue weighted by molar-refractivity contribution is 0.635. The van der Waals surface area contributed by atoms with Crippen molar-refractivity contribution in [1.29, 1.82) is 0 Å². The van der Waals surface area contributed by atoms with Gasteiger partial charge in [-0.05, 0) is 62.2 Å². The van der Waals surface area contributed by atoms with E-state index in [1.165, 1.54) is 38.5 Å². The Morgan fingerprint density at radius 1 is 0.722 bits per heavy atom. The van der Waals surface area contributed by atoms with Gasteiger partial charge in [0.05, 0.1) is 0 Å². The Hall–Kier alpha value is -1.04. The van der Waals surface area contributed by atoms with E-state index in [0.29, 0.717) is 0 Å². The molecular formula is C18H22. The molecule has 4 aliphatic rings. The van der Waals surface area contributed by atoms with Crippen LogP contribution in [0.15, 0.2) is 47.6 Å². The predicted molar refractivity (Wildman–Crippen MR) is 76.1 cm³/mol. The van der Waals surface area contributed by atoms with Crippen LogP contribution >= 0.6 is 0 Å². The number of fused-ring (bicyclic) bond motifs is 4. The highest BCUT2D eigenvalue weighted by Crippen LogP contribution is 2.42. The molecule has 0 spiro atoms. The van der Waals surface area contributed by atoms with Gasteiger partial charge in [0.1, 0.15) is 0 Å². The molecule has 0 radical (unpaired) electrons. The van der Waals surface area contributed by atoms with Gasteiger partial charge in [0.15, 0.2) is 0 Å². The average Bonchev–Trinajstić information content (AvgIpc) is 3.13. The molecule has 0 aromatic rings. The number of rotatable bonds is 5. The van der Waals surface area contributed by atoms with Crippen molar-refractivity contribution in [3.8, 4) is 0 Å². The first-order valence-electron chi connectivity index (χ1n) is 7.66. The molecule has 0 heterocycles. The van der Waals surface area contributed by atoms with Crippen molar-refractivity contribution in [2.45, 2.75) is 38.5 Å². The maximum absolute atomic E-state index is 2.53. The SMILES string of the molecule is C1=CC2CC1C=C2CCCCC1=CC2C=CC1C2. The molecule has 4 rings (SSSR count). The minimum atomic E-state index is 0.795. The molecule has 4 bridgehead atoms. The summed E-state index contributed by atoms with van der Waals surface area (Å²) in [6, 6.07) is 0. The van der Waals surface area contributed by atoms with Crippen molar-refractivity contribution in [2.24, 2.45) is 23.7 Å². The van der Waals surface area contributed by atoms with Gasteiger partial charge in [-0.15, -0.1) is 0 Å². The molecule has 0 saturated heterocycles. The number of hydrogen-bond donors (Lipinski definition) is 0. The monoisotopic (exact) mass is 238 g/mol. The van der Waals surface area contributed by atoms with Gasteiger partial charge < -0.3 is 0 Å². The maximum Gasteiger partial charge on any atom is -0.00143 e. The Morgan fingerprint density at radius 3 is 1.56 bits per heavy atom. The lowest BCUT2D eigenvalue weighted by Gasteiger charge is -2.12. The topological polar surface area (TPSA) is 0 Å². The molecule has 0 heteroatoms. The van der Waals surface area contributed by atoms with Gasteiger partial charge >= 0.3 is 0 Å². The van der Waals surface area contributed by atoms with Gasteiger partial charge in [-0.2, -0.15) is 0 Å². The summed E-state index contributed by atoms with van der Waals surface area (Å²) < 4.78 is 0. The summed E-state index contributed by atoms with van der Waals surface area (Å²) in [5.41, 5.74) is 3.48. The van der Waals surface area contributed by atoms with Crippen LogP contribution in [0.3, 0.4) is 0 Å². The van der Waals surface area contributed by atoms with Crippen LogP contribution in [0.2, 0.25) is 0 Å². The molecule has 0 saturated carbocycles. The molecular weight excluding hydrogens is 216 g/mol. The van der Waals surface area contributed by atoms with E-state index < -0.39 is 0 Å². The Balaban J connectivity index is 1.22. The molecule has 0 aromatic carbocycles. The van der Waals surface area contributed by atoms with Crippen LogP contribution in [0.25, 0.3) is 0 Å². The van der Waals surface area contributed by atoms with Gasteiger partial charge in [0.2, 0.25) is 0 Å². The van der Waals surface area contributed by atoms with Crippen LogP contribution in [-0.4, -0.2) is 0 Å². The lowest BCUT2D eigenvalue weighted by Crippen LogP contribution is -1.96. The van der Waals surface area contributed by atoms with E-state index in [1.807, 2.05) is 0 Å². The standard InChI is InChI=1S/C18H22/c1(3-15-9-13-5-7-17(15)11-13)2-4-16-10-14-6-8-18(16)12-14/h5-10,13-14,17-18H,1-4,11-12H2. The molecule has 4 aliphatic carbocycles. The number of allylic oxidation sites excluding steroid dienone is 8. The largest absolute Gasteiger partial charge is 0.0810 e. The first-order valence-corrected chi connectivity index (χ1v) is 7.66. The Bertz CT molecular complexity index is 416. The van der Waals surface area contributed by atoms with Crippen molar-refractivity contribution < 1.29 is 0 Å². The smallest absolute Gasteiger partial charge is 0.00143 e. The van der Waals surface area contributed by atoms with E-state index >= 15 is 0 Å². The summed E-state index contributed by atoms with van der Waals surface area (Å²) in [6.45, 7) is 0. The first kappa shape index (κ1) is 10.8. The van der Waals surface area contributed by atoms with Crippen molar-refractivity contribution in [3.05, 3.63) is 47.6 Å². The molecule has 0 nitrogen and oxygen atoms in total. The van der Waals surface area contributed by atoms with Crippen LogP contribution in [0.4, 0.5) is 0 Å². The summed E-state index contributed by atoms with van der Waals surface area (Å²) in [5, 5.41) is 0. The molecule has 0 N–H and O–H groups in total. The van der Waals surface area contributed by atoms with E-state index in [0.717, 1.165) is 23.7 Å². The Morgan fingerprint density at radius 2 is 1.22 bits per heavy atom. The second kappa shape index (κ2) is 4.26. The molecule has 0 aliphatic heterocycles.